The van der Waals surface area contributed by atoms with Crippen LogP contribution in [-0.2, 0) is 17.8 Å². The number of hydrogen-bond acceptors (Lipinski definition) is 6. The van der Waals surface area contributed by atoms with Crippen molar-refractivity contribution in [2.75, 3.05) is 18.4 Å². The van der Waals surface area contributed by atoms with Crippen molar-refractivity contribution < 1.29 is 14.9 Å². The van der Waals surface area contributed by atoms with E-state index in [0.717, 1.165) is 36.1 Å². The van der Waals surface area contributed by atoms with Gasteiger partial charge in [-0.3, -0.25) is 0 Å². The lowest BCUT2D eigenvalue weighted by atomic mass is 9.87. The molecule has 0 spiro atoms. The van der Waals surface area contributed by atoms with E-state index >= 15 is 0 Å². The Hall–Kier alpha value is -2.25. The maximum absolute atomic E-state index is 6.15. The fraction of sp³-hybridized carbons (Fsp3) is 0.526. The molecule has 0 amide bonds. The Morgan fingerprint density at radius 2 is 2.08 bits per heavy atom. The van der Waals surface area contributed by atoms with Crippen LogP contribution in [0.2, 0.25) is 0 Å². The minimum Gasteiger partial charge on any atom is -0.432 e. The Balaban J connectivity index is 2.03. The second kappa shape index (κ2) is 6.17. The molecule has 0 fully saturated rings. The molecule has 0 aromatic carbocycles. The maximum Gasteiger partial charge on any atom is 0.229 e. The summed E-state index contributed by atoms with van der Waals surface area (Å²) in [4.78, 5) is 13.7. The second-order valence-corrected chi connectivity index (χ2v) is 7.80. The average molecular weight is 356 g/mol. The molecule has 7 heteroatoms. The van der Waals surface area contributed by atoms with Crippen LogP contribution in [-0.4, -0.2) is 33.6 Å². The van der Waals surface area contributed by atoms with Gasteiger partial charge in [0.25, 0.3) is 0 Å². The van der Waals surface area contributed by atoms with E-state index in [-0.39, 0.29) is 5.60 Å². The Bertz CT molecular complexity index is 977. The smallest absolute Gasteiger partial charge is 0.229 e. The lowest BCUT2D eigenvalue weighted by Crippen LogP contribution is -2.53. The first-order valence-electron chi connectivity index (χ1n) is 9.17. The number of fused-ring (bicyclic) bond motifs is 5. The number of quaternary nitrogens is 1. The van der Waals surface area contributed by atoms with Crippen molar-refractivity contribution in [3.63, 3.8) is 0 Å². The number of furan rings is 1. The van der Waals surface area contributed by atoms with Gasteiger partial charge in [-0.1, -0.05) is 13.8 Å². The minimum atomic E-state index is -0.221. The van der Waals surface area contributed by atoms with E-state index < -0.39 is 0 Å². The van der Waals surface area contributed by atoms with E-state index in [1.54, 1.807) is 6.33 Å². The first-order valence-corrected chi connectivity index (χ1v) is 9.17. The third-order valence-electron chi connectivity index (χ3n) is 4.88. The van der Waals surface area contributed by atoms with Crippen LogP contribution in [0.5, 0.6) is 0 Å². The lowest BCUT2D eigenvalue weighted by Gasteiger charge is -2.33. The predicted molar refractivity (Wildman–Crippen MR) is 100 cm³/mol. The van der Waals surface area contributed by atoms with Crippen LogP contribution in [0.25, 0.3) is 22.2 Å². The maximum atomic E-state index is 6.15. The highest BCUT2D eigenvalue weighted by atomic mass is 16.5. The van der Waals surface area contributed by atoms with Crippen molar-refractivity contribution in [2.45, 2.75) is 52.2 Å². The van der Waals surface area contributed by atoms with E-state index in [2.05, 4.69) is 48.7 Å². The van der Waals surface area contributed by atoms with Crippen molar-refractivity contribution in [1.82, 2.24) is 15.0 Å². The highest BCUT2D eigenvalue weighted by Gasteiger charge is 2.32. The summed E-state index contributed by atoms with van der Waals surface area (Å²) in [5, 5.41) is 4.27. The third-order valence-corrected chi connectivity index (χ3v) is 4.88. The lowest BCUT2D eigenvalue weighted by molar-refractivity contribution is -0.362. The van der Waals surface area contributed by atoms with E-state index in [0.29, 0.717) is 29.6 Å². The van der Waals surface area contributed by atoms with Crippen LogP contribution in [0.1, 0.15) is 50.4 Å². The van der Waals surface area contributed by atoms with Crippen molar-refractivity contribution in [3.8, 4) is 0 Å². The van der Waals surface area contributed by atoms with Gasteiger partial charge in [-0.15, -0.1) is 0 Å². The first kappa shape index (κ1) is 17.2. The molecule has 0 unspecified atom stereocenters. The number of nitrogens with zero attached hydrogens (tertiary/aromatic N) is 3. The average Bonchev–Trinajstić information content (AvgIpc) is 2.97. The number of anilines is 1. The quantitative estimate of drug-likeness (QED) is 0.744. The van der Waals surface area contributed by atoms with E-state index in [9.17, 15) is 0 Å². The van der Waals surface area contributed by atoms with Crippen LogP contribution in [0, 0.1) is 0 Å². The predicted octanol–water partition coefficient (Wildman–Crippen LogP) is 2.40. The van der Waals surface area contributed by atoms with E-state index in [1.165, 1.54) is 11.1 Å². The molecule has 0 saturated heterocycles. The van der Waals surface area contributed by atoms with Crippen molar-refractivity contribution in [1.29, 1.82) is 0 Å². The fourth-order valence-corrected chi connectivity index (χ4v) is 3.64. The number of nitrogens with one attached hydrogen (secondary N) is 1. The molecule has 7 nitrogen and oxygen atoms in total. The van der Waals surface area contributed by atoms with Crippen molar-refractivity contribution in [3.05, 3.63) is 23.1 Å². The number of aromatic nitrogens is 3. The van der Waals surface area contributed by atoms with Gasteiger partial charge in [-0.2, -0.15) is 0 Å². The van der Waals surface area contributed by atoms with Crippen LogP contribution < -0.4 is 11.1 Å². The summed E-state index contributed by atoms with van der Waals surface area (Å²) in [6, 6.07) is 0. The Morgan fingerprint density at radius 3 is 2.81 bits per heavy atom. The number of rotatable bonds is 4. The summed E-state index contributed by atoms with van der Waals surface area (Å²) in [7, 11) is 0. The van der Waals surface area contributed by atoms with Gasteiger partial charge in [0, 0.05) is 12.0 Å². The Labute approximate surface area is 152 Å². The molecule has 0 atom stereocenters. The number of ether oxygens (including phenoxy) is 1. The van der Waals surface area contributed by atoms with Crippen LogP contribution in [0.3, 0.4) is 0 Å². The number of pyridine rings is 1. The van der Waals surface area contributed by atoms with Crippen LogP contribution >= 0.6 is 0 Å². The standard InChI is InChI=1S/C19H25N5O2/c1-10(2)14-12-8-25-19(3,4)7-11(12)13-15-16(26-18(13)24-14)17(21-6-5-20)23-9-22-15/h9-10H,5-8,20H2,1-4H3,(H,21,22,23)/p+1. The Kier molecular flexibility index (Phi) is 4.08. The summed E-state index contributed by atoms with van der Waals surface area (Å²) in [6.45, 7) is 10.6. The summed E-state index contributed by atoms with van der Waals surface area (Å²) >= 11 is 0. The van der Waals surface area contributed by atoms with E-state index in [4.69, 9.17) is 14.1 Å². The molecule has 26 heavy (non-hydrogen) atoms. The zero-order valence-electron chi connectivity index (χ0n) is 15.8. The van der Waals surface area contributed by atoms with Gasteiger partial charge in [-0.25, -0.2) is 15.0 Å². The van der Waals surface area contributed by atoms with Gasteiger partial charge >= 0.3 is 0 Å². The summed E-state index contributed by atoms with van der Waals surface area (Å²) < 4.78 is 12.2. The van der Waals surface area contributed by atoms with E-state index in [1.807, 2.05) is 0 Å². The zero-order chi connectivity index (χ0) is 18.5. The number of hydrogen-bond donors (Lipinski definition) is 2. The highest BCUT2D eigenvalue weighted by molar-refractivity contribution is 6.06. The topological polar surface area (TPSA) is 101 Å². The Morgan fingerprint density at radius 1 is 1.27 bits per heavy atom. The monoisotopic (exact) mass is 356 g/mol. The molecule has 4 N–H and O–H groups in total. The van der Waals surface area contributed by atoms with Gasteiger partial charge in [0.15, 0.2) is 11.4 Å². The van der Waals surface area contributed by atoms with Crippen LogP contribution in [0.4, 0.5) is 5.82 Å². The normalized spacial score (nSPS) is 16.4. The summed E-state index contributed by atoms with van der Waals surface area (Å²) in [5.74, 6) is 0.990. The van der Waals surface area contributed by atoms with Gasteiger partial charge in [0.05, 0.1) is 36.4 Å². The molecule has 0 radical (unpaired) electrons. The molecule has 1 aliphatic rings. The van der Waals surface area contributed by atoms with Gasteiger partial charge in [0.1, 0.15) is 11.8 Å². The molecule has 3 aromatic rings. The molecular formula is C19H26N5O2+. The SMILES string of the molecule is CC(C)c1nc2oc3c(NCC[NH3+])ncnc3c2c2c1COC(C)(C)C2. The summed E-state index contributed by atoms with van der Waals surface area (Å²) in [6.07, 6.45) is 2.39. The molecule has 0 aliphatic carbocycles. The fourth-order valence-electron chi connectivity index (χ4n) is 3.64. The molecule has 4 rings (SSSR count). The third kappa shape index (κ3) is 2.71. The van der Waals surface area contributed by atoms with Crippen molar-refractivity contribution in [2.24, 2.45) is 0 Å². The molecule has 138 valence electrons. The zero-order valence-corrected chi connectivity index (χ0v) is 15.8. The molecule has 1 aliphatic heterocycles. The molecular weight excluding hydrogens is 330 g/mol. The molecule has 0 saturated carbocycles. The first-order chi connectivity index (χ1) is 12.4. The second-order valence-electron chi connectivity index (χ2n) is 7.80. The summed E-state index contributed by atoms with van der Waals surface area (Å²) in [5.41, 5.74) is 9.23. The van der Waals surface area contributed by atoms with Crippen LogP contribution in [0.15, 0.2) is 10.7 Å². The highest BCUT2D eigenvalue weighted by Crippen LogP contribution is 2.40. The molecule has 3 aromatic heterocycles. The van der Waals surface area contributed by atoms with Gasteiger partial charge in [-0.05, 0) is 25.3 Å². The molecule has 4 heterocycles. The van der Waals surface area contributed by atoms with Gasteiger partial charge in [0.2, 0.25) is 5.71 Å². The largest absolute Gasteiger partial charge is 0.432 e. The molecule has 0 bridgehead atoms. The van der Waals surface area contributed by atoms with Crippen molar-refractivity contribution >= 4 is 28.0 Å². The minimum absolute atomic E-state index is 0.221. The van der Waals surface area contributed by atoms with Gasteiger partial charge < -0.3 is 20.2 Å².